The van der Waals surface area contributed by atoms with Crippen LogP contribution in [-0.2, 0) is 0 Å². The Hall–Kier alpha value is -1.12. The molecule has 0 unspecified atom stereocenters. The van der Waals surface area contributed by atoms with Crippen molar-refractivity contribution in [3.05, 3.63) is 29.3 Å². The zero-order valence-electron chi connectivity index (χ0n) is 15.3. The van der Waals surface area contributed by atoms with Crippen molar-refractivity contribution in [3.8, 4) is 5.75 Å². The Balaban J connectivity index is 0.00000101. The van der Waals surface area contributed by atoms with Crippen LogP contribution in [0, 0.1) is 29.4 Å². The zero-order valence-corrected chi connectivity index (χ0v) is 15.3. The van der Waals surface area contributed by atoms with Crippen LogP contribution in [0.25, 0.3) is 0 Å². The summed E-state index contributed by atoms with van der Waals surface area (Å²) in [6, 6.07) is 2.84. The van der Waals surface area contributed by atoms with Crippen LogP contribution in [0.15, 0.2) is 12.1 Å². The van der Waals surface area contributed by atoms with E-state index < -0.39 is 17.4 Å². The van der Waals surface area contributed by atoms with Gasteiger partial charge in [-0.15, -0.1) is 0 Å². The molecule has 0 amide bonds. The van der Waals surface area contributed by atoms with Gasteiger partial charge in [0.25, 0.3) is 0 Å². The van der Waals surface area contributed by atoms with Crippen LogP contribution in [0.5, 0.6) is 5.75 Å². The second-order valence-corrected chi connectivity index (χ2v) is 7.43. The average Bonchev–Trinajstić information content (AvgIpc) is 2.63. The van der Waals surface area contributed by atoms with Gasteiger partial charge in [0, 0.05) is 0 Å². The third kappa shape index (κ3) is 5.18. The highest BCUT2D eigenvalue weighted by molar-refractivity contribution is 5.32. The first-order valence-electron chi connectivity index (χ1n) is 9.73. The molecule has 0 spiro atoms. The molecule has 144 valence electrons. The summed E-state index contributed by atoms with van der Waals surface area (Å²) in [6.45, 7) is 6.34. The number of hydrogen-bond donors (Lipinski definition) is 1. The van der Waals surface area contributed by atoms with Gasteiger partial charge in [0.1, 0.15) is 0 Å². The molecule has 2 fully saturated rings. The van der Waals surface area contributed by atoms with Gasteiger partial charge in [0.15, 0.2) is 11.6 Å². The van der Waals surface area contributed by atoms with Crippen molar-refractivity contribution < 1.29 is 13.9 Å². The van der Waals surface area contributed by atoms with E-state index in [1.165, 1.54) is 31.7 Å². The van der Waals surface area contributed by atoms with Gasteiger partial charge in [-0.1, -0.05) is 47.1 Å². The largest absolute Gasteiger partial charge is 0.505 e. The van der Waals surface area contributed by atoms with Crippen molar-refractivity contribution in [2.45, 2.75) is 85.5 Å². The van der Waals surface area contributed by atoms with Crippen LogP contribution in [0.2, 0.25) is 0 Å². The Labute approximate surface area is 152 Å². The van der Waals surface area contributed by atoms with Crippen molar-refractivity contribution in [2.75, 3.05) is 0 Å². The number of benzene rings is 1. The molecule has 0 radical (unpaired) electrons. The van der Waals surface area contributed by atoms with Crippen molar-refractivity contribution in [1.29, 1.82) is 0 Å². The molecule has 2 saturated carbocycles. The van der Waals surface area contributed by atoms with Gasteiger partial charge in [-0.25, -0.2) is 4.39 Å². The Bertz CT molecular complexity index is 513. The molecule has 0 heterocycles. The smallest absolute Gasteiger partial charge is 0.200 e. The minimum absolute atomic E-state index is 0. The van der Waals surface area contributed by atoms with E-state index in [2.05, 4.69) is 6.92 Å². The van der Waals surface area contributed by atoms with E-state index in [0.717, 1.165) is 43.4 Å². The van der Waals surface area contributed by atoms with Crippen LogP contribution in [0.1, 0.15) is 91.0 Å². The highest BCUT2D eigenvalue weighted by atomic mass is 19.2. The Kier molecular flexibility index (Phi) is 8.88. The summed E-state index contributed by atoms with van der Waals surface area (Å²) >= 11 is 0. The van der Waals surface area contributed by atoms with Crippen LogP contribution >= 0.6 is 0 Å². The fourth-order valence-electron chi connectivity index (χ4n) is 4.53. The summed E-state index contributed by atoms with van der Waals surface area (Å²) in [6.07, 6.45) is 9.54. The molecule has 3 heteroatoms. The first-order chi connectivity index (χ1) is 11.6. The first-order valence-corrected chi connectivity index (χ1v) is 9.73. The lowest BCUT2D eigenvalue weighted by Gasteiger charge is -2.37. The van der Waals surface area contributed by atoms with E-state index in [0.29, 0.717) is 5.56 Å². The second kappa shape index (κ2) is 10.1. The molecular formula is C22H36F2O. The van der Waals surface area contributed by atoms with E-state index in [9.17, 15) is 13.9 Å². The molecular weight excluding hydrogens is 318 g/mol. The maximum atomic E-state index is 14.0. The molecule has 25 heavy (non-hydrogen) atoms. The van der Waals surface area contributed by atoms with Crippen molar-refractivity contribution in [3.63, 3.8) is 0 Å². The topological polar surface area (TPSA) is 20.2 Å². The van der Waals surface area contributed by atoms with Gasteiger partial charge in [-0.3, -0.25) is 0 Å². The van der Waals surface area contributed by atoms with Gasteiger partial charge >= 0.3 is 0 Å². The molecule has 2 aliphatic carbocycles. The van der Waals surface area contributed by atoms with E-state index in [4.69, 9.17) is 0 Å². The third-order valence-electron chi connectivity index (χ3n) is 6.03. The van der Waals surface area contributed by atoms with E-state index >= 15 is 0 Å². The SMILES string of the molecule is C.CC.CC1CCC(C2CCC(c3ccc(O)c(F)c3F)CC2)CC1. The van der Waals surface area contributed by atoms with Crippen LogP contribution in [-0.4, -0.2) is 5.11 Å². The third-order valence-corrected chi connectivity index (χ3v) is 6.03. The van der Waals surface area contributed by atoms with Gasteiger partial charge in [0.05, 0.1) is 0 Å². The summed E-state index contributed by atoms with van der Waals surface area (Å²) in [4.78, 5) is 0. The predicted octanol–water partition coefficient (Wildman–Crippen LogP) is 7.43. The number of hydrogen-bond acceptors (Lipinski definition) is 1. The molecule has 1 nitrogen and oxygen atoms in total. The normalized spacial score (nSPS) is 29.2. The molecule has 0 aliphatic heterocycles. The lowest BCUT2D eigenvalue weighted by atomic mass is 9.68. The minimum atomic E-state index is -1.10. The minimum Gasteiger partial charge on any atom is -0.505 e. The predicted molar refractivity (Wildman–Crippen MR) is 102 cm³/mol. The molecule has 2 aliphatic rings. The number of aromatic hydroxyl groups is 1. The number of halogens is 2. The van der Waals surface area contributed by atoms with E-state index in [-0.39, 0.29) is 13.3 Å². The average molecular weight is 355 g/mol. The molecule has 0 atom stereocenters. The monoisotopic (exact) mass is 354 g/mol. The molecule has 0 aromatic heterocycles. The lowest BCUT2D eigenvalue weighted by molar-refractivity contribution is 0.164. The molecule has 3 rings (SSSR count). The van der Waals surface area contributed by atoms with Crippen molar-refractivity contribution in [1.82, 2.24) is 0 Å². The number of phenols is 1. The zero-order chi connectivity index (χ0) is 17.7. The van der Waals surface area contributed by atoms with E-state index in [1.54, 1.807) is 6.07 Å². The first kappa shape index (κ1) is 21.9. The number of rotatable bonds is 2. The highest BCUT2D eigenvalue weighted by Crippen LogP contribution is 2.44. The quantitative estimate of drug-likeness (QED) is 0.585. The summed E-state index contributed by atoms with van der Waals surface area (Å²) in [7, 11) is 0. The fraction of sp³-hybridized carbons (Fsp3) is 0.727. The lowest BCUT2D eigenvalue weighted by Crippen LogP contribution is -2.25. The molecule has 0 bridgehead atoms. The van der Waals surface area contributed by atoms with Crippen LogP contribution in [0.4, 0.5) is 8.78 Å². The molecule has 1 aromatic rings. The van der Waals surface area contributed by atoms with Gasteiger partial charge < -0.3 is 5.11 Å². The van der Waals surface area contributed by atoms with Crippen molar-refractivity contribution in [2.24, 2.45) is 17.8 Å². The number of phenolic OH excluding ortho intramolecular Hbond substituents is 1. The summed E-state index contributed by atoms with van der Waals surface area (Å²) in [5.41, 5.74) is 0.450. The summed E-state index contributed by atoms with van der Waals surface area (Å²) in [5, 5.41) is 9.24. The Morgan fingerprint density at radius 1 is 0.800 bits per heavy atom. The van der Waals surface area contributed by atoms with Gasteiger partial charge in [-0.05, 0) is 73.8 Å². The Morgan fingerprint density at radius 3 is 1.80 bits per heavy atom. The second-order valence-electron chi connectivity index (χ2n) is 7.43. The Morgan fingerprint density at radius 2 is 1.28 bits per heavy atom. The molecule has 1 N–H and O–H groups in total. The van der Waals surface area contributed by atoms with Crippen LogP contribution in [0.3, 0.4) is 0 Å². The molecule has 0 saturated heterocycles. The standard InChI is InChI=1S/C19H26F2O.C2H6.CH4/c1-12-2-4-13(5-3-12)14-6-8-15(9-7-14)16-10-11-17(22)19(21)18(16)20;1-2;/h10-15,22H,2-9H2,1H3;1-2H3;1H4. The maximum Gasteiger partial charge on any atom is 0.200 e. The van der Waals surface area contributed by atoms with Crippen LogP contribution < -0.4 is 0 Å². The highest BCUT2D eigenvalue weighted by Gasteiger charge is 2.31. The maximum absolute atomic E-state index is 14.0. The summed E-state index contributed by atoms with van der Waals surface area (Å²) < 4.78 is 27.5. The summed E-state index contributed by atoms with van der Waals surface area (Å²) in [5.74, 6) is 0.0601. The van der Waals surface area contributed by atoms with Gasteiger partial charge in [-0.2, -0.15) is 4.39 Å². The van der Waals surface area contributed by atoms with Crippen molar-refractivity contribution >= 4 is 0 Å². The molecule has 1 aromatic carbocycles. The fourth-order valence-corrected chi connectivity index (χ4v) is 4.53. The van der Waals surface area contributed by atoms with E-state index in [1.807, 2.05) is 13.8 Å². The van der Waals surface area contributed by atoms with Gasteiger partial charge in [0.2, 0.25) is 5.82 Å².